The summed E-state index contributed by atoms with van der Waals surface area (Å²) in [4.78, 5) is 0.305. The van der Waals surface area contributed by atoms with Crippen molar-refractivity contribution >= 4 is 15.7 Å². The fraction of sp³-hybridized carbons (Fsp3) is 0.571. The summed E-state index contributed by atoms with van der Waals surface area (Å²) < 4.78 is 32.5. The molecule has 112 valence electrons. The van der Waals surface area contributed by atoms with Crippen LogP contribution in [0.1, 0.15) is 26.7 Å². The van der Waals surface area contributed by atoms with E-state index in [1.165, 1.54) is 0 Å². The van der Waals surface area contributed by atoms with Gasteiger partial charge in [0.2, 0.25) is 10.0 Å². The molecular formula is C14H22N2O3S. The summed E-state index contributed by atoms with van der Waals surface area (Å²) in [7, 11) is -3.42. The summed E-state index contributed by atoms with van der Waals surface area (Å²) in [5, 5.41) is 3.14. The summed E-state index contributed by atoms with van der Waals surface area (Å²) in [5.41, 5.74) is 0.923. The van der Waals surface area contributed by atoms with Crippen molar-refractivity contribution in [1.29, 1.82) is 0 Å². The summed E-state index contributed by atoms with van der Waals surface area (Å²) in [6.07, 6.45) is 1.70. The molecular weight excluding hydrogens is 276 g/mol. The summed E-state index contributed by atoms with van der Waals surface area (Å²) in [6, 6.07) is 6.80. The van der Waals surface area contributed by atoms with Crippen molar-refractivity contribution in [3.8, 4) is 0 Å². The monoisotopic (exact) mass is 298 g/mol. The summed E-state index contributed by atoms with van der Waals surface area (Å²) in [5.74, 6) is 0. The molecule has 6 heteroatoms. The third-order valence-corrected chi connectivity index (χ3v) is 4.90. The Kier molecular flexibility index (Phi) is 5.01. The Morgan fingerprint density at radius 2 is 1.85 bits per heavy atom. The second kappa shape index (κ2) is 6.56. The van der Waals surface area contributed by atoms with Crippen molar-refractivity contribution < 1.29 is 13.2 Å². The first-order chi connectivity index (χ1) is 9.55. The largest absolute Gasteiger partial charge is 0.385 e. The zero-order valence-electron chi connectivity index (χ0n) is 11.9. The van der Waals surface area contributed by atoms with Gasteiger partial charge in [-0.05, 0) is 51.0 Å². The lowest BCUT2D eigenvalue weighted by atomic mass is 9.90. The Morgan fingerprint density at radius 1 is 1.20 bits per heavy atom. The van der Waals surface area contributed by atoms with Gasteiger partial charge in [0.25, 0.3) is 0 Å². The molecule has 2 N–H and O–H groups in total. The summed E-state index contributed by atoms with van der Waals surface area (Å²) >= 11 is 0. The number of nitrogens with one attached hydrogen (secondary N) is 2. The molecule has 0 unspecified atom stereocenters. The number of rotatable bonds is 7. The van der Waals surface area contributed by atoms with Gasteiger partial charge in [-0.3, -0.25) is 0 Å². The molecule has 1 aliphatic carbocycles. The van der Waals surface area contributed by atoms with Gasteiger partial charge >= 0.3 is 0 Å². The number of benzene rings is 1. The highest BCUT2D eigenvalue weighted by Gasteiger charge is 2.33. The fourth-order valence-corrected chi connectivity index (χ4v) is 3.54. The molecule has 1 aromatic rings. The van der Waals surface area contributed by atoms with Crippen LogP contribution in [0.3, 0.4) is 0 Å². The first-order valence-electron chi connectivity index (χ1n) is 7.03. The minimum atomic E-state index is -3.42. The smallest absolute Gasteiger partial charge is 0.240 e. The molecule has 0 atom stereocenters. The second-order valence-electron chi connectivity index (χ2n) is 4.92. The molecule has 2 rings (SSSR count). The molecule has 20 heavy (non-hydrogen) atoms. The first kappa shape index (κ1) is 15.3. The molecule has 1 saturated carbocycles. The zero-order chi connectivity index (χ0) is 14.6. The van der Waals surface area contributed by atoms with Gasteiger partial charge in [0.15, 0.2) is 0 Å². The van der Waals surface area contributed by atoms with E-state index >= 15 is 0 Å². The van der Waals surface area contributed by atoms with E-state index in [0.717, 1.165) is 25.1 Å². The maximum absolute atomic E-state index is 12.2. The first-order valence-corrected chi connectivity index (χ1v) is 8.51. The highest BCUT2D eigenvalue weighted by atomic mass is 32.2. The quantitative estimate of drug-likeness (QED) is 0.807. The highest BCUT2D eigenvalue weighted by Crippen LogP contribution is 2.25. The predicted molar refractivity (Wildman–Crippen MR) is 79.4 cm³/mol. The van der Waals surface area contributed by atoms with Gasteiger partial charge in [0.1, 0.15) is 0 Å². The highest BCUT2D eigenvalue weighted by molar-refractivity contribution is 7.89. The normalized spacial score (nSPS) is 22.3. The molecule has 1 aliphatic rings. The van der Waals surface area contributed by atoms with E-state index in [9.17, 15) is 8.42 Å². The minimum Gasteiger partial charge on any atom is -0.385 e. The zero-order valence-corrected chi connectivity index (χ0v) is 12.7. The van der Waals surface area contributed by atoms with Crippen molar-refractivity contribution in [2.24, 2.45) is 0 Å². The standard InChI is InChI=1S/C14H22N2O3S/c1-3-15-11-5-7-14(8-6-11)20(17,18)16-12-9-13(10-12)19-4-2/h5-8,12-13,15-16H,3-4,9-10H2,1-2H3. The minimum absolute atomic E-state index is 0.00927. The Balaban J connectivity index is 1.93. The van der Waals surface area contributed by atoms with Crippen LogP contribution in [0.15, 0.2) is 29.2 Å². The lowest BCUT2D eigenvalue weighted by Gasteiger charge is -2.35. The van der Waals surface area contributed by atoms with Crippen LogP contribution < -0.4 is 10.0 Å². The van der Waals surface area contributed by atoms with E-state index in [1.54, 1.807) is 24.3 Å². The van der Waals surface area contributed by atoms with Crippen LogP contribution in [-0.4, -0.2) is 33.7 Å². The van der Waals surface area contributed by atoms with Crippen molar-refractivity contribution in [3.05, 3.63) is 24.3 Å². The van der Waals surface area contributed by atoms with Crippen LogP contribution >= 0.6 is 0 Å². The molecule has 0 spiro atoms. The molecule has 5 nitrogen and oxygen atoms in total. The van der Waals surface area contributed by atoms with E-state index in [4.69, 9.17) is 4.74 Å². The Morgan fingerprint density at radius 3 is 2.40 bits per heavy atom. The average molecular weight is 298 g/mol. The van der Waals surface area contributed by atoms with Gasteiger partial charge in [-0.25, -0.2) is 13.1 Å². The summed E-state index contributed by atoms with van der Waals surface area (Å²) in [6.45, 7) is 5.43. The Hall–Kier alpha value is -1.11. The van der Waals surface area contributed by atoms with Crippen LogP contribution in [0, 0.1) is 0 Å². The SMILES string of the molecule is CCNc1ccc(S(=O)(=O)NC2CC(OCC)C2)cc1. The number of anilines is 1. The van der Waals surface area contributed by atoms with Crippen molar-refractivity contribution in [3.63, 3.8) is 0 Å². The maximum atomic E-state index is 12.2. The molecule has 1 aromatic carbocycles. The fourth-order valence-electron chi connectivity index (χ4n) is 2.28. The Labute approximate surface area is 120 Å². The number of sulfonamides is 1. The van der Waals surface area contributed by atoms with Gasteiger partial charge < -0.3 is 10.1 Å². The lowest BCUT2D eigenvalue weighted by Crippen LogP contribution is -2.47. The van der Waals surface area contributed by atoms with Crippen molar-refractivity contribution in [1.82, 2.24) is 4.72 Å². The van der Waals surface area contributed by atoms with Crippen LogP contribution in [0.5, 0.6) is 0 Å². The molecule has 1 fully saturated rings. The third kappa shape index (κ3) is 3.71. The number of ether oxygens (including phenoxy) is 1. The van der Waals surface area contributed by atoms with Gasteiger partial charge in [-0.1, -0.05) is 0 Å². The third-order valence-electron chi connectivity index (χ3n) is 3.36. The van der Waals surface area contributed by atoms with Gasteiger partial charge in [-0.15, -0.1) is 0 Å². The van der Waals surface area contributed by atoms with Gasteiger partial charge in [0, 0.05) is 24.9 Å². The van der Waals surface area contributed by atoms with E-state index in [1.807, 2.05) is 13.8 Å². The molecule has 0 saturated heterocycles. The van der Waals surface area contributed by atoms with Crippen molar-refractivity contribution in [2.75, 3.05) is 18.5 Å². The lowest BCUT2D eigenvalue weighted by molar-refractivity contribution is -0.00475. The predicted octanol–water partition coefficient (Wildman–Crippen LogP) is 1.96. The second-order valence-corrected chi connectivity index (χ2v) is 6.64. The maximum Gasteiger partial charge on any atom is 0.240 e. The molecule has 0 radical (unpaired) electrons. The Bertz CT molecular complexity index is 522. The molecule has 0 bridgehead atoms. The number of hydrogen-bond acceptors (Lipinski definition) is 4. The van der Waals surface area contributed by atoms with E-state index in [2.05, 4.69) is 10.0 Å². The van der Waals surface area contributed by atoms with Gasteiger partial charge in [-0.2, -0.15) is 0 Å². The van der Waals surface area contributed by atoms with Crippen LogP contribution in [0.25, 0.3) is 0 Å². The molecule has 0 aromatic heterocycles. The van der Waals surface area contributed by atoms with Crippen LogP contribution in [0.4, 0.5) is 5.69 Å². The van der Waals surface area contributed by atoms with E-state index in [0.29, 0.717) is 11.5 Å². The topological polar surface area (TPSA) is 67.4 Å². The van der Waals surface area contributed by atoms with E-state index < -0.39 is 10.0 Å². The average Bonchev–Trinajstić information content (AvgIpc) is 2.37. The van der Waals surface area contributed by atoms with Gasteiger partial charge in [0.05, 0.1) is 11.0 Å². The molecule has 0 aliphatic heterocycles. The molecule has 0 heterocycles. The molecule has 0 amide bonds. The van der Waals surface area contributed by atoms with Crippen LogP contribution in [-0.2, 0) is 14.8 Å². The van der Waals surface area contributed by atoms with Crippen LogP contribution in [0.2, 0.25) is 0 Å². The van der Waals surface area contributed by atoms with E-state index in [-0.39, 0.29) is 12.1 Å². The van der Waals surface area contributed by atoms with Crippen molar-refractivity contribution in [2.45, 2.75) is 43.7 Å². The number of hydrogen-bond donors (Lipinski definition) is 2.